The van der Waals surface area contributed by atoms with E-state index >= 15 is 0 Å². The molecule has 0 aliphatic carbocycles. The Morgan fingerprint density at radius 1 is 1.06 bits per heavy atom. The molecule has 3 saturated heterocycles. The number of anilines is 1. The second-order valence-corrected chi connectivity index (χ2v) is 11.3. The van der Waals surface area contributed by atoms with Crippen molar-refractivity contribution in [3.63, 3.8) is 0 Å². The molecule has 1 N–H and O–H groups in total. The Kier molecular flexibility index (Phi) is 5.88. The van der Waals surface area contributed by atoms with Crippen LogP contribution in [0, 0.1) is 0 Å². The maximum absolute atomic E-state index is 13.3. The fourth-order valence-electron chi connectivity index (χ4n) is 5.85. The van der Waals surface area contributed by atoms with Gasteiger partial charge in [0.1, 0.15) is 6.17 Å². The van der Waals surface area contributed by atoms with Crippen molar-refractivity contribution in [3.05, 3.63) is 41.4 Å². The van der Waals surface area contributed by atoms with Gasteiger partial charge in [0.05, 0.1) is 23.4 Å². The molecule has 0 atom stereocenters. The summed E-state index contributed by atoms with van der Waals surface area (Å²) in [5.74, 6) is 1.81. The van der Waals surface area contributed by atoms with Crippen molar-refractivity contribution in [1.82, 2.24) is 24.8 Å². The number of thiophene rings is 1. The molecule has 36 heavy (non-hydrogen) atoms. The molecule has 3 aliphatic rings. The number of nitrogens with zero attached hydrogens (tertiary/aromatic N) is 5. The molecule has 9 heteroatoms. The number of fused-ring (bicyclic) bond motifs is 2. The highest BCUT2D eigenvalue weighted by Crippen LogP contribution is 2.37. The largest absolute Gasteiger partial charge is 0.378 e. The third-order valence-electron chi connectivity index (χ3n) is 7.87. The molecular weight excluding hydrogens is 475 g/mol. The van der Waals surface area contributed by atoms with Crippen LogP contribution in [0.1, 0.15) is 17.7 Å². The number of rotatable bonds is 5. The van der Waals surface area contributed by atoms with Gasteiger partial charge in [-0.05, 0) is 31.0 Å². The van der Waals surface area contributed by atoms with E-state index in [4.69, 9.17) is 14.7 Å². The first kappa shape index (κ1) is 22.6. The average molecular weight is 507 g/mol. The summed E-state index contributed by atoms with van der Waals surface area (Å²) in [6.45, 7) is 7.46. The van der Waals surface area contributed by atoms with E-state index in [-0.39, 0.29) is 0 Å². The van der Waals surface area contributed by atoms with Crippen LogP contribution < -0.4 is 4.90 Å². The summed E-state index contributed by atoms with van der Waals surface area (Å²) in [7, 11) is 0. The number of aromatic amines is 1. The molecular formula is C27H31FN6OS. The number of alkyl halides is 1. The zero-order valence-corrected chi connectivity index (χ0v) is 21.1. The topological polar surface area (TPSA) is 60.5 Å². The van der Waals surface area contributed by atoms with Gasteiger partial charge in [0.15, 0.2) is 11.6 Å². The fourth-order valence-corrected chi connectivity index (χ4v) is 7.00. The molecule has 188 valence electrons. The molecule has 4 aromatic rings. The van der Waals surface area contributed by atoms with Gasteiger partial charge in [0, 0.05) is 79.4 Å². The van der Waals surface area contributed by atoms with Crippen LogP contribution in [0.4, 0.5) is 10.2 Å². The van der Waals surface area contributed by atoms with Crippen LogP contribution in [0.15, 0.2) is 36.5 Å². The molecule has 3 aromatic heterocycles. The third-order valence-corrected chi connectivity index (χ3v) is 8.97. The Bertz CT molecular complexity index is 1370. The number of aromatic nitrogens is 3. The predicted octanol–water partition coefficient (Wildman–Crippen LogP) is 4.29. The zero-order chi connectivity index (χ0) is 24.1. The van der Waals surface area contributed by atoms with E-state index in [0.717, 1.165) is 92.4 Å². The molecule has 0 radical (unpaired) electrons. The van der Waals surface area contributed by atoms with Crippen LogP contribution in [0.25, 0.3) is 32.5 Å². The Hall–Kier alpha value is -2.59. The number of benzene rings is 1. The average Bonchev–Trinajstić information content (AvgIpc) is 3.54. The molecule has 7 nitrogen and oxygen atoms in total. The number of H-pyrrole nitrogens is 1. The second-order valence-electron chi connectivity index (χ2n) is 10.2. The highest BCUT2D eigenvalue weighted by Gasteiger charge is 2.34. The van der Waals surface area contributed by atoms with Gasteiger partial charge in [0.25, 0.3) is 0 Å². The fraction of sp³-hybridized carbons (Fsp3) is 0.481. The number of piperidine rings is 1. The zero-order valence-electron chi connectivity index (χ0n) is 20.3. The summed E-state index contributed by atoms with van der Waals surface area (Å²) in [5.41, 5.74) is 3.18. The molecule has 3 aliphatic heterocycles. The summed E-state index contributed by atoms with van der Waals surface area (Å²) < 4.78 is 20.1. The van der Waals surface area contributed by atoms with Crippen molar-refractivity contribution >= 4 is 38.3 Å². The standard InChI is InChI=1S/C27H31FN6OS/c28-18-15-34(16-18)19-5-8-32(9-6-19)17-20-14-24-25(36-20)27(33-10-12-35-13-11-33)31-26(30-24)22-2-1-3-23-21(22)4-7-29-23/h1-4,7,14,18-19,29H,5-6,8-13,15-17H2. The Morgan fingerprint density at radius 2 is 1.89 bits per heavy atom. The predicted molar refractivity (Wildman–Crippen MR) is 143 cm³/mol. The summed E-state index contributed by atoms with van der Waals surface area (Å²) in [6, 6.07) is 11.2. The maximum atomic E-state index is 13.3. The first-order valence-electron chi connectivity index (χ1n) is 13.0. The summed E-state index contributed by atoms with van der Waals surface area (Å²) in [5, 5.41) is 1.14. The molecule has 0 saturated carbocycles. The van der Waals surface area contributed by atoms with Gasteiger partial charge in [-0.25, -0.2) is 14.4 Å². The number of ether oxygens (including phenoxy) is 1. The van der Waals surface area contributed by atoms with Crippen molar-refractivity contribution in [2.24, 2.45) is 0 Å². The number of hydrogen-bond donors (Lipinski definition) is 1. The van der Waals surface area contributed by atoms with Gasteiger partial charge in [-0.3, -0.25) is 9.80 Å². The lowest BCUT2D eigenvalue weighted by atomic mass is 9.99. The Labute approximate surface area is 213 Å². The van der Waals surface area contributed by atoms with Gasteiger partial charge in [-0.15, -0.1) is 11.3 Å². The van der Waals surface area contributed by atoms with Gasteiger partial charge in [-0.1, -0.05) is 12.1 Å². The normalized spacial score (nSPS) is 21.0. The monoisotopic (exact) mass is 506 g/mol. The highest BCUT2D eigenvalue weighted by molar-refractivity contribution is 7.19. The number of nitrogens with one attached hydrogen (secondary N) is 1. The van der Waals surface area contributed by atoms with Gasteiger partial charge >= 0.3 is 0 Å². The first-order valence-corrected chi connectivity index (χ1v) is 13.8. The molecule has 3 fully saturated rings. The van der Waals surface area contributed by atoms with Crippen molar-refractivity contribution in [3.8, 4) is 11.4 Å². The van der Waals surface area contributed by atoms with Crippen molar-refractivity contribution in [2.75, 3.05) is 57.4 Å². The second kappa shape index (κ2) is 9.37. The van der Waals surface area contributed by atoms with Crippen molar-refractivity contribution < 1.29 is 9.13 Å². The smallest absolute Gasteiger partial charge is 0.162 e. The lowest BCUT2D eigenvalue weighted by Gasteiger charge is -2.44. The van der Waals surface area contributed by atoms with Crippen molar-refractivity contribution in [2.45, 2.75) is 31.6 Å². The van der Waals surface area contributed by atoms with Crippen LogP contribution in [0.2, 0.25) is 0 Å². The minimum absolute atomic E-state index is 0.549. The van der Waals surface area contributed by atoms with E-state index in [9.17, 15) is 4.39 Å². The minimum Gasteiger partial charge on any atom is -0.378 e. The van der Waals surface area contributed by atoms with Gasteiger partial charge < -0.3 is 14.6 Å². The molecule has 1 aromatic carbocycles. The lowest BCUT2D eigenvalue weighted by Crippen LogP contribution is -2.56. The molecule has 0 bridgehead atoms. The van der Waals surface area contributed by atoms with Gasteiger partial charge in [0.2, 0.25) is 0 Å². The Balaban J connectivity index is 1.19. The van der Waals surface area contributed by atoms with E-state index in [1.165, 1.54) is 9.58 Å². The lowest BCUT2D eigenvalue weighted by molar-refractivity contribution is 0.00133. The van der Waals surface area contributed by atoms with E-state index in [0.29, 0.717) is 19.1 Å². The van der Waals surface area contributed by atoms with E-state index < -0.39 is 6.17 Å². The molecule has 7 rings (SSSR count). The van der Waals surface area contributed by atoms with Gasteiger partial charge in [-0.2, -0.15) is 0 Å². The quantitative estimate of drug-likeness (QED) is 0.436. The van der Waals surface area contributed by atoms with Crippen LogP contribution >= 0.6 is 11.3 Å². The van der Waals surface area contributed by atoms with E-state index in [2.05, 4.69) is 50.0 Å². The van der Waals surface area contributed by atoms with Crippen LogP contribution in [-0.2, 0) is 11.3 Å². The SMILES string of the molecule is FC1CN(C2CCN(Cc3cc4nc(-c5cccc6[nH]ccc56)nc(N5CCOCC5)c4s3)CC2)C1. The molecule has 0 unspecified atom stereocenters. The third kappa shape index (κ3) is 4.18. The van der Waals surface area contributed by atoms with Crippen LogP contribution in [0.5, 0.6) is 0 Å². The number of hydrogen-bond acceptors (Lipinski definition) is 7. The van der Waals surface area contributed by atoms with Crippen molar-refractivity contribution in [1.29, 1.82) is 0 Å². The van der Waals surface area contributed by atoms with Crippen LogP contribution in [-0.4, -0.2) is 89.4 Å². The minimum atomic E-state index is -0.613. The van der Waals surface area contributed by atoms with E-state index in [1.54, 1.807) is 0 Å². The maximum Gasteiger partial charge on any atom is 0.162 e. The number of morpholine rings is 1. The van der Waals surface area contributed by atoms with E-state index in [1.807, 2.05) is 17.5 Å². The summed E-state index contributed by atoms with van der Waals surface area (Å²) >= 11 is 1.83. The molecule has 0 amide bonds. The summed E-state index contributed by atoms with van der Waals surface area (Å²) in [4.78, 5) is 22.1. The molecule has 6 heterocycles. The number of halogens is 1. The number of likely N-dealkylation sites (tertiary alicyclic amines) is 2. The summed E-state index contributed by atoms with van der Waals surface area (Å²) in [6.07, 6.45) is 3.61. The van der Waals surface area contributed by atoms with Crippen LogP contribution in [0.3, 0.4) is 0 Å². The highest BCUT2D eigenvalue weighted by atomic mass is 32.1. The Morgan fingerprint density at radius 3 is 2.69 bits per heavy atom. The first-order chi connectivity index (χ1) is 17.7. The molecule has 0 spiro atoms.